The van der Waals surface area contributed by atoms with Gasteiger partial charge in [0.25, 0.3) is 0 Å². The van der Waals surface area contributed by atoms with Crippen molar-refractivity contribution >= 4 is 27.8 Å². The smallest absolute Gasteiger partial charge is 0.306 e. The van der Waals surface area contributed by atoms with E-state index in [1.807, 2.05) is 6.92 Å². The molecule has 4 nitrogen and oxygen atoms in total. The van der Waals surface area contributed by atoms with Gasteiger partial charge in [-0.05, 0) is 44.4 Å². The van der Waals surface area contributed by atoms with Crippen LogP contribution in [-0.2, 0) is 16.1 Å². The lowest BCUT2D eigenvalue weighted by molar-refractivity contribution is -0.141. The highest BCUT2D eigenvalue weighted by Crippen LogP contribution is 2.32. The number of nitrogens with zero attached hydrogens (tertiary/aromatic N) is 1. The van der Waals surface area contributed by atoms with E-state index in [1.54, 1.807) is 17.0 Å². The van der Waals surface area contributed by atoms with E-state index in [0.717, 1.165) is 4.47 Å². The molecule has 1 amide bonds. The SMILES string of the molecule is CCN(Cc1cc(Br)ccc1F)C(=O)[C@@H]1CC[C@H](C(=O)O)C1. The van der Waals surface area contributed by atoms with Crippen molar-refractivity contribution in [3.05, 3.63) is 34.1 Å². The van der Waals surface area contributed by atoms with Crippen LogP contribution in [0.1, 0.15) is 31.7 Å². The largest absolute Gasteiger partial charge is 0.481 e. The molecule has 2 rings (SSSR count). The highest BCUT2D eigenvalue weighted by molar-refractivity contribution is 9.10. The van der Waals surface area contributed by atoms with Crippen molar-refractivity contribution in [1.82, 2.24) is 4.90 Å². The molecule has 1 aliphatic carbocycles. The van der Waals surface area contributed by atoms with E-state index >= 15 is 0 Å². The van der Waals surface area contributed by atoms with Gasteiger partial charge in [0.1, 0.15) is 5.82 Å². The van der Waals surface area contributed by atoms with Gasteiger partial charge in [-0.3, -0.25) is 9.59 Å². The Kier molecular flexibility index (Phi) is 5.56. The Balaban J connectivity index is 2.07. The molecule has 0 aromatic heterocycles. The van der Waals surface area contributed by atoms with Crippen LogP contribution >= 0.6 is 15.9 Å². The van der Waals surface area contributed by atoms with Gasteiger partial charge in [-0.15, -0.1) is 0 Å². The van der Waals surface area contributed by atoms with Gasteiger partial charge in [0.05, 0.1) is 5.92 Å². The third kappa shape index (κ3) is 3.85. The first-order chi connectivity index (χ1) is 10.4. The van der Waals surface area contributed by atoms with Gasteiger partial charge in [-0.25, -0.2) is 4.39 Å². The minimum Gasteiger partial charge on any atom is -0.481 e. The van der Waals surface area contributed by atoms with Crippen molar-refractivity contribution < 1.29 is 19.1 Å². The summed E-state index contributed by atoms with van der Waals surface area (Å²) in [6.07, 6.45) is 1.51. The van der Waals surface area contributed by atoms with Gasteiger partial charge in [-0.2, -0.15) is 0 Å². The standard InChI is InChI=1S/C16H19BrFNO3/c1-2-19(9-12-8-13(17)5-6-14(12)18)15(20)10-3-4-11(7-10)16(21)22/h5-6,8,10-11H,2-4,7,9H2,1H3,(H,21,22)/t10-,11+/m1/s1. The lowest BCUT2D eigenvalue weighted by Crippen LogP contribution is -2.35. The monoisotopic (exact) mass is 371 g/mol. The average molecular weight is 372 g/mol. The summed E-state index contributed by atoms with van der Waals surface area (Å²) in [6.45, 7) is 2.52. The molecule has 1 fully saturated rings. The number of aliphatic carboxylic acids is 1. The average Bonchev–Trinajstić information content (AvgIpc) is 2.97. The van der Waals surface area contributed by atoms with Crippen LogP contribution in [0.2, 0.25) is 0 Å². The summed E-state index contributed by atoms with van der Waals surface area (Å²) < 4.78 is 14.6. The van der Waals surface area contributed by atoms with Gasteiger partial charge in [0, 0.05) is 29.0 Å². The van der Waals surface area contributed by atoms with Crippen molar-refractivity contribution in [2.24, 2.45) is 11.8 Å². The van der Waals surface area contributed by atoms with Gasteiger partial charge < -0.3 is 10.0 Å². The third-order valence-corrected chi connectivity index (χ3v) is 4.69. The Morgan fingerprint density at radius 1 is 1.36 bits per heavy atom. The highest BCUT2D eigenvalue weighted by Gasteiger charge is 2.35. The van der Waals surface area contributed by atoms with Crippen LogP contribution in [0.3, 0.4) is 0 Å². The van der Waals surface area contributed by atoms with E-state index in [4.69, 9.17) is 5.11 Å². The normalized spacial score (nSPS) is 20.9. The number of halogens is 2. The lowest BCUT2D eigenvalue weighted by atomic mass is 10.0. The van der Waals surface area contributed by atoms with Crippen LogP contribution in [0, 0.1) is 17.7 Å². The fourth-order valence-corrected chi connectivity index (χ4v) is 3.31. The fraction of sp³-hybridized carbons (Fsp3) is 0.500. The number of rotatable bonds is 5. The molecule has 0 radical (unpaired) electrons. The number of hydrogen-bond acceptors (Lipinski definition) is 2. The van der Waals surface area contributed by atoms with Gasteiger partial charge in [-0.1, -0.05) is 15.9 Å². The molecule has 6 heteroatoms. The maximum absolute atomic E-state index is 13.8. The molecular formula is C16H19BrFNO3. The van der Waals surface area contributed by atoms with E-state index in [9.17, 15) is 14.0 Å². The van der Waals surface area contributed by atoms with E-state index in [2.05, 4.69) is 15.9 Å². The Morgan fingerprint density at radius 2 is 2.05 bits per heavy atom. The highest BCUT2D eigenvalue weighted by atomic mass is 79.9. The Labute approximate surface area is 137 Å². The van der Waals surface area contributed by atoms with Gasteiger partial charge in [0.15, 0.2) is 0 Å². The fourth-order valence-electron chi connectivity index (χ4n) is 2.90. The molecule has 0 heterocycles. The number of carbonyl (C=O) groups excluding carboxylic acids is 1. The first-order valence-corrected chi connectivity index (χ1v) is 8.17. The molecule has 1 aliphatic rings. The summed E-state index contributed by atoms with van der Waals surface area (Å²) in [6, 6.07) is 4.65. The van der Waals surface area contributed by atoms with E-state index in [0.29, 0.717) is 31.4 Å². The van der Waals surface area contributed by atoms with Crippen molar-refractivity contribution in [1.29, 1.82) is 0 Å². The van der Waals surface area contributed by atoms with Crippen LogP contribution in [0.4, 0.5) is 4.39 Å². The lowest BCUT2D eigenvalue weighted by Gasteiger charge is -2.24. The summed E-state index contributed by atoms with van der Waals surface area (Å²) in [4.78, 5) is 25.1. The van der Waals surface area contributed by atoms with Crippen molar-refractivity contribution in [3.63, 3.8) is 0 Å². The number of carbonyl (C=O) groups is 2. The Hall–Kier alpha value is -1.43. The van der Waals surface area contributed by atoms with E-state index < -0.39 is 11.9 Å². The Bertz CT molecular complexity index is 579. The summed E-state index contributed by atoms with van der Waals surface area (Å²) in [5, 5.41) is 9.03. The van der Waals surface area contributed by atoms with E-state index in [1.165, 1.54) is 6.07 Å². The topological polar surface area (TPSA) is 57.6 Å². The molecule has 2 atom stereocenters. The molecule has 0 spiro atoms. The predicted octanol–water partition coefficient (Wildman–Crippen LogP) is 3.44. The molecule has 1 N–H and O–H groups in total. The summed E-state index contributed by atoms with van der Waals surface area (Å²) in [5.41, 5.74) is 0.456. The molecule has 0 bridgehead atoms. The maximum atomic E-state index is 13.8. The van der Waals surface area contributed by atoms with Crippen molar-refractivity contribution in [2.45, 2.75) is 32.7 Å². The second-order valence-electron chi connectivity index (χ2n) is 5.63. The van der Waals surface area contributed by atoms with Crippen LogP contribution < -0.4 is 0 Å². The molecule has 1 aromatic carbocycles. The number of carboxylic acids is 1. The van der Waals surface area contributed by atoms with Gasteiger partial charge in [0.2, 0.25) is 5.91 Å². The third-order valence-electron chi connectivity index (χ3n) is 4.19. The zero-order valence-corrected chi connectivity index (χ0v) is 14.0. The van der Waals surface area contributed by atoms with Crippen molar-refractivity contribution in [2.75, 3.05) is 6.54 Å². The number of benzene rings is 1. The molecule has 1 saturated carbocycles. The van der Waals surface area contributed by atoms with Crippen LogP contribution in [0.5, 0.6) is 0 Å². The first kappa shape index (κ1) is 16.9. The summed E-state index contributed by atoms with van der Waals surface area (Å²) in [7, 11) is 0. The van der Waals surface area contributed by atoms with Crippen LogP contribution in [0.25, 0.3) is 0 Å². The molecule has 0 saturated heterocycles. The quantitative estimate of drug-likeness (QED) is 0.862. The van der Waals surface area contributed by atoms with Gasteiger partial charge >= 0.3 is 5.97 Å². The second kappa shape index (κ2) is 7.22. The molecule has 1 aromatic rings. The zero-order valence-electron chi connectivity index (χ0n) is 12.4. The minimum absolute atomic E-state index is 0.0781. The molecule has 0 unspecified atom stereocenters. The van der Waals surface area contributed by atoms with E-state index in [-0.39, 0.29) is 24.2 Å². The molecular weight excluding hydrogens is 353 g/mol. The first-order valence-electron chi connectivity index (χ1n) is 7.37. The molecule has 22 heavy (non-hydrogen) atoms. The predicted molar refractivity (Wildman–Crippen MR) is 83.7 cm³/mol. The van der Waals surface area contributed by atoms with Crippen LogP contribution in [0.15, 0.2) is 22.7 Å². The zero-order chi connectivity index (χ0) is 16.3. The van der Waals surface area contributed by atoms with Crippen molar-refractivity contribution in [3.8, 4) is 0 Å². The Morgan fingerprint density at radius 3 is 2.64 bits per heavy atom. The van der Waals surface area contributed by atoms with Crippen LogP contribution in [-0.4, -0.2) is 28.4 Å². The number of amides is 1. The number of carboxylic acid groups (broad SMARTS) is 1. The summed E-state index contributed by atoms with van der Waals surface area (Å²) >= 11 is 3.30. The maximum Gasteiger partial charge on any atom is 0.306 e. The molecule has 120 valence electrons. The second-order valence-corrected chi connectivity index (χ2v) is 6.55. The number of hydrogen-bond donors (Lipinski definition) is 1. The minimum atomic E-state index is -0.837. The summed E-state index contributed by atoms with van der Waals surface area (Å²) in [5.74, 6) is -1.96. The molecule has 0 aliphatic heterocycles.